The number of hydrogen-bond donors (Lipinski definition) is 1. The number of aryl methyl sites for hydroxylation is 1. The summed E-state index contributed by atoms with van der Waals surface area (Å²) < 4.78 is 0. The molecule has 0 aromatic heterocycles. The molecule has 3 amide bonds. The maximum atomic E-state index is 12.3. The Morgan fingerprint density at radius 1 is 1.09 bits per heavy atom. The van der Waals surface area contributed by atoms with Crippen LogP contribution in [0.5, 0.6) is 0 Å². The number of likely N-dealkylation sites (tertiary alicyclic amines) is 1. The fourth-order valence-electron chi connectivity index (χ4n) is 3.37. The van der Waals surface area contributed by atoms with Gasteiger partial charge in [-0.25, -0.2) is 0 Å². The zero-order valence-electron chi connectivity index (χ0n) is 12.7. The van der Waals surface area contributed by atoms with Gasteiger partial charge in [0.1, 0.15) is 6.54 Å². The molecule has 5 heteroatoms. The summed E-state index contributed by atoms with van der Waals surface area (Å²) >= 11 is 0. The van der Waals surface area contributed by atoms with Crippen molar-refractivity contribution < 1.29 is 14.4 Å². The van der Waals surface area contributed by atoms with Crippen LogP contribution in [-0.4, -0.2) is 29.2 Å². The lowest BCUT2D eigenvalue weighted by molar-refractivity contribution is -0.142. The van der Waals surface area contributed by atoms with E-state index in [0.29, 0.717) is 5.69 Å². The first-order valence-electron chi connectivity index (χ1n) is 7.78. The summed E-state index contributed by atoms with van der Waals surface area (Å²) in [4.78, 5) is 37.9. The van der Waals surface area contributed by atoms with Crippen LogP contribution in [0.2, 0.25) is 0 Å². The van der Waals surface area contributed by atoms with Gasteiger partial charge in [-0.3, -0.25) is 19.3 Å². The van der Waals surface area contributed by atoms with Crippen LogP contribution >= 0.6 is 0 Å². The molecule has 0 spiro atoms. The molecule has 3 rings (SSSR count). The van der Waals surface area contributed by atoms with Gasteiger partial charge in [0.25, 0.3) is 0 Å². The number of fused-ring (bicyclic) bond motifs is 1. The Morgan fingerprint density at radius 3 is 2.18 bits per heavy atom. The number of benzene rings is 1. The number of carbonyl (C=O) groups is 3. The van der Waals surface area contributed by atoms with E-state index in [0.717, 1.165) is 36.1 Å². The van der Waals surface area contributed by atoms with Crippen LogP contribution < -0.4 is 5.32 Å². The average Bonchev–Trinajstić information content (AvgIpc) is 2.75. The minimum Gasteiger partial charge on any atom is -0.325 e. The number of anilines is 1. The van der Waals surface area contributed by atoms with Crippen molar-refractivity contribution in [2.75, 3.05) is 11.9 Å². The van der Waals surface area contributed by atoms with E-state index in [4.69, 9.17) is 0 Å². The fraction of sp³-hybridized carbons (Fsp3) is 0.471. The minimum absolute atomic E-state index is 0.172. The molecule has 1 aromatic carbocycles. The van der Waals surface area contributed by atoms with Gasteiger partial charge in [-0.05, 0) is 31.9 Å². The first-order valence-corrected chi connectivity index (χ1v) is 7.78. The summed E-state index contributed by atoms with van der Waals surface area (Å²) in [5.74, 6) is -1.08. The molecule has 2 aliphatic rings. The molecule has 1 N–H and O–H groups in total. The molecule has 0 unspecified atom stereocenters. The lowest BCUT2D eigenvalue weighted by Crippen LogP contribution is -2.38. The summed E-state index contributed by atoms with van der Waals surface area (Å²) in [6.45, 7) is 1.79. The molecule has 5 nitrogen and oxygen atoms in total. The van der Waals surface area contributed by atoms with Crippen molar-refractivity contribution in [3.8, 4) is 0 Å². The molecule has 22 heavy (non-hydrogen) atoms. The quantitative estimate of drug-likeness (QED) is 0.869. The fourth-order valence-corrected chi connectivity index (χ4v) is 3.37. The summed E-state index contributed by atoms with van der Waals surface area (Å²) in [6, 6.07) is 7.41. The topological polar surface area (TPSA) is 66.5 Å². The van der Waals surface area contributed by atoms with E-state index in [-0.39, 0.29) is 36.1 Å². The molecule has 1 aromatic rings. The van der Waals surface area contributed by atoms with Crippen LogP contribution in [0.1, 0.15) is 31.2 Å². The van der Waals surface area contributed by atoms with Crippen LogP contribution in [0, 0.1) is 18.8 Å². The first-order chi connectivity index (χ1) is 10.6. The van der Waals surface area contributed by atoms with Gasteiger partial charge in [-0.15, -0.1) is 0 Å². The molecule has 1 aliphatic heterocycles. The number of amides is 3. The van der Waals surface area contributed by atoms with Crippen molar-refractivity contribution in [1.82, 2.24) is 4.90 Å². The molecular formula is C17H20N2O3. The van der Waals surface area contributed by atoms with Crippen LogP contribution in [0.25, 0.3) is 0 Å². The summed E-state index contributed by atoms with van der Waals surface area (Å²) in [7, 11) is 0. The lowest BCUT2D eigenvalue weighted by atomic mass is 9.81. The maximum Gasteiger partial charge on any atom is 0.244 e. The van der Waals surface area contributed by atoms with Crippen molar-refractivity contribution in [3.63, 3.8) is 0 Å². The Kier molecular flexibility index (Phi) is 3.96. The maximum absolute atomic E-state index is 12.3. The Morgan fingerprint density at radius 2 is 1.64 bits per heavy atom. The number of carbonyl (C=O) groups excluding carboxylic acids is 3. The van der Waals surface area contributed by atoms with Crippen molar-refractivity contribution in [2.24, 2.45) is 11.8 Å². The van der Waals surface area contributed by atoms with Gasteiger partial charge in [0, 0.05) is 5.69 Å². The second-order valence-corrected chi connectivity index (χ2v) is 6.17. The molecular weight excluding hydrogens is 280 g/mol. The second-order valence-electron chi connectivity index (χ2n) is 6.17. The molecule has 2 fully saturated rings. The van der Waals surface area contributed by atoms with E-state index in [2.05, 4.69) is 5.32 Å². The third-order valence-corrected chi connectivity index (χ3v) is 4.57. The Bertz CT molecular complexity index is 585. The predicted octanol–water partition coefficient (Wildman–Crippen LogP) is 2.11. The predicted molar refractivity (Wildman–Crippen MR) is 82.0 cm³/mol. The smallest absolute Gasteiger partial charge is 0.244 e. The van der Waals surface area contributed by atoms with Gasteiger partial charge >= 0.3 is 0 Å². The molecule has 1 aliphatic carbocycles. The zero-order valence-corrected chi connectivity index (χ0v) is 12.7. The molecule has 1 saturated heterocycles. The number of imide groups is 1. The number of nitrogens with zero attached hydrogens (tertiary/aromatic N) is 1. The number of nitrogens with one attached hydrogen (secondary N) is 1. The van der Waals surface area contributed by atoms with Crippen LogP contribution in [0.15, 0.2) is 24.3 Å². The van der Waals surface area contributed by atoms with E-state index in [1.807, 2.05) is 19.1 Å². The largest absolute Gasteiger partial charge is 0.325 e. The van der Waals surface area contributed by atoms with Gasteiger partial charge in [0.05, 0.1) is 11.8 Å². The first kappa shape index (κ1) is 14.8. The lowest BCUT2D eigenvalue weighted by Gasteiger charge is -2.19. The molecule has 0 radical (unpaired) electrons. The van der Waals surface area contributed by atoms with Crippen LogP contribution in [0.3, 0.4) is 0 Å². The Labute approximate surface area is 129 Å². The van der Waals surface area contributed by atoms with E-state index in [9.17, 15) is 14.4 Å². The SMILES string of the molecule is Cc1ccc(NC(=O)CN2C(=O)[C@H]3CCCC[C@@H]3C2=O)cc1. The summed E-state index contributed by atoms with van der Waals surface area (Å²) in [5, 5.41) is 2.73. The highest BCUT2D eigenvalue weighted by Gasteiger charge is 2.48. The highest BCUT2D eigenvalue weighted by Crippen LogP contribution is 2.37. The number of rotatable bonds is 3. The van der Waals surface area contributed by atoms with Gasteiger partial charge in [-0.2, -0.15) is 0 Å². The van der Waals surface area contributed by atoms with E-state index in [1.165, 1.54) is 0 Å². The molecule has 0 bridgehead atoms. The van der Waals surface area contributed by atoms with Crippen molar-refractivity contribution >= 4 is 23.4 Å². The normalized spacial score (nSPS) is 24.3. The number of hydrogen-bond acceptors (Lipinski definition) is 3. The monoisotopic (exact) mass is 300 g/mol. The molecule has 116 valence electrons. The van der Waals surface area contributed by atoms with Gasteiger partial charge in [-0.1, -0.05) is 30.5 Å². The highest BCUT2D eigenvalue weighted by atomic mass is 16.2. The molecule has 1 heterocycles. The summed E-state index contributed by atoms with van der Waals surface area (Å²) in [5.41, 5.74) is 1.78. The Balaban J connectivity index is 1.64. The molecule has 2 atom stereocenters. The highest BCUT2D eigenvalue weighted by molar-refractivity contribution is 6.08. The Hall–Kier alpha value is -2.17. The summed E-state index contributed by atoms with van der Waals surface area (Å²) in [6.07, 6.45) is 3.52. The van der Waals surface area contributed by atoms with Crippen LogP contribution in [0.4, 0.5) is 5.69 Å². The van der Waals surface area contributed by atoms with Gasteiger partial charge in [0.2, 0.25) is 17.7 Å². The van der Waals surface area contributed by atoms with E-state index < -0.39 is 0 Å². The third kappa shape index (κ3) is 2.75. The van der Waals surface area contributed by atoms with Gasteiger partial charge in [0.15, 0.2) is 0 Å². The van der Waals surface area contributed by atoms with Crippen LogP contribution in [-0.2, 0) is 14.4 Å². The zero-order chi connectivity index (χ0) is 15.7. The van der Waals surface area contributed by atoms with Gasteiger partial charge < -0.3 is 5.32 Å². The van der Waals surface area contributed by atoms with Crippen molar-refractivity contribution in [1.29, 1.82) is 0 Å². The van der Waals surface area contributed by atoms with Crippen molar-refractivity contribution in [2.45, 2.75) is 32.6 Å². The third-order valence-electron chi connectivity index (χ3n) is 4.57. The minimum atomic E-state index is -0.329. The standard InChI is InChI=1S/C17H20N2O3/c1-11-6-8-12(9-7-11)18-15(20)10-19-16(21)13-4-2-3-5-14(13)17(19)22/h6-9,13-14H,2-5,10H2,1H3,(H,18,20)/t13-,14-/m0/s1. The average molecular weight is 300 g/mol. The second kappa shape index (κ2) is 5.91. The van der Waals surface area contributed by atoms with E-state index in [1.54, 1.807) is 12.1 Å². The molecule has 1 saturated carbocycles. The van der Waals surface area contributed by atoms with Crippen molar-refractivity contribution in [3.05, 3.63) is 29.8 Å². The van der Waals surface area contributed by atoms with E-state index >= 15 is 0 Å².